The predicted octanol–water partition coefficient (Wildman–Crippen LogP) is 5.59. The van der Waals surface area contributed by atoms with E-state index in [-0.39, 0.29) is 18.4 Å². The van der Waals surface area contributed by atoms with Gasteiger partial charge in [-0.15, -0.1) is 0 Å². The average Bonchev–Trinajstić information content (AvgIpc) is 2.79. The van der Waals surface area contributed by atoms with E-state index < -0.39 is 0 Å². The molecule has 9 heteroatoms. The largest absolute Gasteiger partial charge is 0.490 e. The van der Waals surface area contributed by atoms with Gasteiger partial charge in [0.1, 0.15) is 0 Å². The molecular weight excluding hydrogens is 522 g/mol. The van der Waals surface area contributed by atoms with Crippen molar-refractivity contribution in [2.75, 3.05) is 18.5 Å². The Bertz CT molecular complexity index is 1200. The SMILES string of the molecule is CCOc1cc(/C=N/NC(=O)c2ccc(Cl)cc2)cc(Br)c1OCC(=O)Nc1cccc(C)c1. The fourth-order valence-corrected chi connectivity index (χ4v) is 3.65. The molecule has 0 saturated heterocycles. The summed E-state index contributed by atoms with van der Waals surface area (Å²) in [7, 11) is 0. The maximum Gasteiger partial charge on any atom is 0.271 e. The van der Waals surface area contributed by atoms with Crippen LogP contribution in [0.15, 0.2) is 70.2 Å². The number of benzene rings is 3. The quantitative estimate of drug-likeness (QED) is 0.271. The van der Waals surface area contributed by atoms with Crippen molar-refractivity contribution in [3.8, 4) is 11.5 Å². The molecule has 7 nitrogen and oxygen atoms in total. The molecule has 0 heterocycles. The normalized spacial score (nSPS) is 10.7. The minimum Gasteiger partial charge on any atom is -0.490 e. The molecule has 0 aromatic heterocycles. The summed E-state index contributed by atoms with van der Waals surface area (Å²) in [6.45, 7) is 3.99. The summed E-state index contributed by atoms with van der Waals surface area (Å²) in [5.74, 6) is 0.168. The highest BCUT2D eigenvalue weighted by atomic mass is 79.9. The van der Waals surface area contributed by atoms with Crippen molar-refractivity contribution in [1.29, 1.82) is 0 Å². The Balaban J connectivity index is 1.65. The molecule has 2 N–H and O–H groups in total. The van der Waals surface area contributed by atoms with Crippen LogP contribution in [0.4, 0.5) is 5.69 Å². The van der Waals surface area contributed by atoms with Gasteiger partial charge in [-0.2, -0.15) is 5.10 Å². The Kier molecular flexibility index (Phi) is 9.07. The van der Waals surface area contributed by atoms with Crippen molar-refractivity contribution >= 4 is 51.2 Å². The lowest BCUT2D eigenvalue weighted by molar-refractivity contribution is -0.118. The molecule has 0 radical (unpaired) electrons. The minimum atomic E-state index is -0.364. The smallest absolute Gasteiger partial charge is 0.271 e. The van der Waals surface area contributed by atoms with E-state index in [1.807, 2.05) is 38.1 Å². The Morgan fingerprint density at radius 1 is 1.09 bits per heavy atom. The maximum absolute atomic E-state index is 12.3. The highest BCUT2D eigenvalue weighted by Gasteiger charge is 2.14. The van der Waals surface area contributed by atoms with Gasteiger partial charge < -0.3 is 14.8 Å². The van der Waals surface area contributed by atoms with Gasteiger partial charge in [0.2, 0.25) is 0 Å². The van der Waals surface area contributed by atoms with Gasteiger partial charge in [0, 0.05) is 16.3 Å². The first kappa shape index (κ1) is 25.3. The lowest BCUT2D eigenvalue weighted by Gasteiger charge is -2.14. The van der Waals surface area contributed by atoms with Crippen LogP contribution >= 0.6 is 27.5 Å². The number of anilines is 1. The van der Waals surface area contributed by atoms with E-state index in [1.165, 1.54) is 6.21 Å². The molecule has 0 atom stereocenters. The lowest BCUT2D eigenvalue weighted by Crippen LogP contribution is -2.20. The van der Waals surface area contributed by atoms with Crippen LogP contribution in [-0.2, 0) is 4.79 Å². The van der Waals surface area contributed by atoms with Crippen LogP contribution in [-0.4, -0.2) is 31.2 Å². The zero-order valence-corrected chi connectivity index (χ0v) is 20.9. The number of hydrazone groups is 1. The second kappa shape index (κ2) is 12.2. The number of carbonyl (C=O) groups is 2. The van der Waals surface area contributed by atoms with E-state index in [1.54, 1.807) is 36.4 Å². The molecule has 0 aliphatic carbocycles. The van der Waals surface area contributed by atoms with E-state index in [0.29, 0.717) is 44.4 Å². The summed E-state index contributed by atoms with van der Waals surface area (Å²) in [5, 5.41) is 7.35. The highest BCUT2D eigenvalue weighted by Crippen LogP contribution is 2.36. The number of ether oxygens (including phenoxy) is 2. The van der Waals surface area contributed by atoms with Crippen molar-refractivity contribution in [3.63, 3.8) is 0 Å². The first-order chi connectivity index (χ1) is 16.4. The van der Waals surface area contributed by atoms with E-state index in [2.05, 4.69) is 31.8 Å². The molecule has 0 fully saturated rings. The standard InChI is InChI=1S/C25H23BrClN3O4/c1-3-33-22-13-17(14-28-30-25(32)18-7-9-19(27)10-8-18)12-21(26)24(22)34-15-23(31)29-20-6-4-5-16(2)11-20/h4-14H,3,15H2,1-2H3,(H,29,31)(H,30,32)/b28-14+. The number of halogens is 2. The third-order valence-corrected chi connectivity index (χ3v) is 5.31. The molecule has 176 valence electrons. The van der Waals surface area contributed by atoms with Crippen molar-refractivity contribution in [2.24, 2.45) is 5.10 Å². The number of rotatable bonds is 9. The molecule has 0 aliphatic heterocycles. The van der Waals surface area contributed by atoms with Crippen LogP contribution < -0.4 is 20.2 Å². The topological polar surface area (TPSA) is 89.0 Å². The molecule has 3 aromatic carbocycles. The molecule has 0 aliphatic rings. The molecule has 0 spiro atoms. The monoisotopic (exact) mass is 543 g/mol. The van der Waals surface area contributed by atoms with Crippen LogP contribution in [0.1, 0.15) is 28.4 Å². The number of hydrogen-bond acceptors (Lipinski definition) is 5. The second-order valence-corrected chi connectivity index (χ2v) is 8.47. The van der Waals surface area contributed by atoms with Crippen molar-refractivity contribution in [3.05, 3.63) is 86.8 Å². The Morgan fingerprint density at radius 3 is 2.56 bits per heavy atom. The fourth-order valence-electron chi connectivity index (χ4n) is 2.95. The molecule has 3 aromatic rings. The number of nitrogens with zero attached hydrogens (tertiary/aromatic N) is 1. The van der Waals surface area contributed by atoms with E-state index in [0.717, 1.165) is 5.56 Å². The number of aryl methyl sites for hydroxylation is 1. The number of carbonyl (C=O) groups excluding carboxylic acids is 2. The van der Waals surface area contributed by atoms with Crippen molar-refractivity contribution < 1.29 is 19.1 Å². The fraction of sp³-hybridized carbons (Fsp3) is 0.160. The van der Waals surface area contributed by atoms with Crippen LogP contribution in [0.3, 0.4) is 0 Å². The molecular formula is C25H23BrClN3O4. The molecule has 0 unspecified atom stereocenters. The minimum absolute atomic E-state index is 0.197. The van der Waals surface area contributed by atoms with E-state index >= 15 is 0 Å². The van der Waals surface area contributed by atoms with Gasteiger partial charge in [0.05, 0.1) is 17.3 Å². The van der Waals surface area contributed by atoms with Gasteiger partial charge >= 0.3 is 0 Å². The Morgan fingerprint density at radius 2 is 1.85 bits per heavy atom. The summed E-state index contributed by atoms with van der Waals surface area (Å²) in [4.78, 5) is 24.5. The highest BCUT2D eigenvalue weighted by molar-refractivity contribution is 9.10. The molecule has 0 bridgehead atoms. The lowest BCUT2D eigenvalue weighted by atomic mass is 10.2. The summed E-state index contributed by atoms with van der Waals surface area (Å²) < 4.78 is 12.0. The van der Waals surface area contributed by atoms with Crippen LogP contribution in [0.2, 0.25) is 5.02 Å². The molecule has 0 saturated carbocycles. The van der Waals surface area contributed by atoms with Crippen molar-refractivity contribution in [2.45, 2.75) is 13.8 Å². The predicted molar refractivity (Wildman–Crippen MR) is 137 cm³/mol. The van der Waals surface area contributed by atoms with Crippen LogP contribution in [0, 0.1) is 6.92 Å². The van der Waals surface area contributed by atoms with Gasteiger partial charge in [-0.1, -0.05) is 23.7 Å². The summed E-state index contributed by atoms with van der Waals surface area (Å²) >= 11 is 9.30. The molecule has 2 amide bonds. The first-order valence-electron chi connectivity index (χ1n) is 10.4. The molecule has 34 heavy (non-hydrogen) atoms. The van der Waals surface area contributed by atoms with Gasteiger partial charge in [0.15, 0.2) is 18.1 Å². The first-order valence-corrected chi connectivity index (χ1v) is 11.6. The third-order valence-electron chi connectivity index (χ3n) is 4.47. The van der Waals surface area contributed by atoms with Crippen molar-refractivity contribution in [1.82, 2.24) is 5.43 Å². The molecule has 3 rings (SSSR count). The van der Waals surface area contributed by atoms with Crippen LogP contribution in [0.25, 0.3) is 0 Å². The Hall–Kier alpha value is -3.36. The summed E-state index contributed by atoms with van der Waals surface area (Å²) in [6.07, 6.45) is 1.48. The number of amides is 2. The zero-order valence-electron chi connectivity index (χ0n) is 18.6. The van der Waals surface area contributed by atoms with Gasteiger partial charge in [-0.05, 0) is 89.4 Å². The van der Waals surface area contributed by atoms with E-state index in [9.17, 15) is 9.59 Å². The Labute approximate surface area is 211 Å². The summed E-state index contributed by atoms with van der Waals surface area (Å²) in [6, 6.07) is 17.4. The second-order valence-electron chi connectivity index (χ2n) is 7.18. The number of nitrogens with one attached hydrogen (secondary N) is 2. The van der Waals surface area contributed by atoms with Gasteiger partial charge in [0.25, 0.3) is 11.8 Å². The van der Waals surface area contributed by atoms with Gasteiger partial charge in [-0.25, -0.2) is 5.43 Å². The van der Waals surface area contributed by atoms with E-state index in [4.69, 9.17) is 21.1 Å². The summed E-state index contributed by atoms with van der Waals surface area (Å²) in [5.41, 5.74) is 5.30. The third kappa shape index (κ3) is 7.33. The average molecular weight is 545 g/mol. The van der Waals surface area contributed by atoms with Crippen LogP contribution in [0.5, 0.6) is 11.5 Å². The van der Waals surface area contributed by atoms with Gasteiger partial charge in [-0.3, -0.25) is 9.59 Å². The number of hydrogen-bond donors (Lipinski definition) is 2. The zero-order chi connectivity index (χ0) is 24.5. The maximum atomic E-state index is 12.3.